The highest BCUT2D eigenvalue weighted by Gasteiger charge is 2.21. The van der Waals surface area contributed by atoms with Gasteiger partial charge in [0.15, 0.2) is 0 Å². The number of nitrogens with two attached hydrogens (primary N) is 1. The number of hydrogen-bond acceptors (Lipinski definition) is 3. The quantitative estimate of drug-likeness (QED) is 0.923. The van der Waals surface area contributed by atoms with E-state index < -0.39 is 0 Å². The molecule has 0 bridgehead atoms. The lowest BCUT2D eigenvalue weighted by molar-refractivity contribution is 0.192. The molecule has 3 nitrogen and oxygen atoms in total. The van der Waals surface area contributed by atoms with Crippen molar-refractivity contribution in [3.8, 4) is 0 Å². The van der Waals surface area contributed by atoms with E-state index in [1.807, 2.05) is 0 Å². The second-order valence-corrected chi connectivity index (χ2v) is 6.17. The second kappa shape index (κ2) is 6.73. The molecule has 1 aliphatic heterocycles. The van der Waals surface area contributed by atoms with Crippen molar-refractivity contribution >= 4 is 21.6 Å². The first-order valence-electron chi connectivity index (χ1n) is 7.13. The van der Waals surface area contributed by atoms with Crippen LogP contribution in [0.1, 0.15) is 25.8 Å². The first-order valence-corrected chi connectivity index (χ1v) is 7.92. The van der Waals surface area contributed by atoms with E-state index in [-0.39, 0.29) is 0 Å². The fourth-order valence-corrected chi connectivity index (χ4v) is 3.10. The van der Waals surface area contributed by atoms with Crippen LogP contribution in [0.3, 0.4) is 0 Å². The largest absolute Gasteiger partial charge is 0.369 e. The molecule has 4 heteroatoms. The zero-order valence-electron chi connectivity index (χ0n) is 11.9. The summed E-state index contributed by atoms with van der Waals surface area (Å²) >= 11 is 3.52. The van der Waals surface area contributed by atoms with Crippen molar-refractivity contribution in [1.29, 1.82) is 0 Å². The van der Waals surface area contributed by atoms with E-state index in [1.54, 1.807) is 0 Å². The summed E-state index contributed by atoms with van der Waals surface area (Å²) in [5, 5.41) is 0. The Morgan fingerprint density at radius 2 is 1.95 bits per heavy atom. The van der Waals surface area contributed by atoms with Crippen LogP contribution in [0.5, 0.6) is 0 Å². The molecule has 0 aliphatic carbocycles. The van der Waals surface area contributed by atoms with Gasteiger partial charge >= 0.3 is 0 Å². The predicted molar refractivity (Wildman–Crippen MR) is 85.6 cm³/mol. The minimum absolute atomic E-state index is 0.598. The van der Waals surface area contributed by atoms with Crippen LogP contribution in [0.15, 0.2) is 22.7 Å². The molecular formula is C15H24BrN3. The van der Waals surface area contributed by atoms with Gasteiger partial charge in [-0.25, -0.2) is 0 Å². The van der Waals surface area contributed by atoms with Gasteiger partial charge in [0, 0.05) is 48.9 Å². The molecule has 1 aromatic rings. The molecule has 1 unspecified atom stereocenters. The van der Waals surface area contributed by atoms with Gasteiger partial charge in [-0.15, -0.1) is 0 Å². The Hall–Kier alpha value is -0.580. The van der Waals surface area contributed by atoms with Crippen molar-refractivity contribution in [2.45, 2.75) is 32.9 Å². The standard InChI is InChI=1S/C15H24BrN3/c1-3-12(2)18-6-8-19(9-7-18)15-5-4-14(16)10-13(15)11-17/h4-5,10,12H,3,6-9,11,17H2,1-2H3. The van der Waals surface area contributed by atoms with Crippen molar-refractivity contribution in [2.24, 2.45) is 5.73 Å². The summed E-state index contributed by atoms with van der Waals surface area (Å²) in [6.07, 6.45) is 1.23. The van der Waals surface area contributed by atoms with E-state index in [1.165, 1.54) is 17.7 Å². The van der Waals surface area contributed by atoms with Crippen molar-refractivity contribution in [2.75, 3.05) is 31.1 Å². The first-order chi connectivity index (χ1) is 9.15. The minimum atomic E-state index is 0.598. The minimum Gasteiger partial charge on any atom is -0.369 e. The summed E-state index contributed by atoms with van der Waals surface area (Å²) in [7, 11) is 0. The third kappa shape index (κ3) is 3.50. The molecule has 0 aromatic heterocycles. The molecule has 2 rings (SSSR count). The summed E-state index contributed by atoms with van der Waals surface area (Å²) in [4.78, 5) is 5.05. The van der Waals surface area contributed by atoms with Gasteiger partial charge in [-0.1, -0.05) is 22.9 Å². The fourth-order valence-electron chi connectivity index (χ4n) is 2.69. The Bertz CT molecular complexity index is 414. The molecule has 1 heterocycles. The second-order valence-electron chi connectivity index (χ2n) is 5.26. The van der Waals surface area contributed by atoms with Crippen LogP contribution in [-0.4, -0.2) is 37.1 Å². The Morgan fingerprint density at radius 3 is 2.53 bits per heavy atom. The first kappa shape index (κ1) is 14.8. The molecule has 1 aliphatic rings. The van der Waals surface area contributed by atoms with Gasteiger partial charge in [0.2, 0.25) is 0 Å². The number of nitrogens with zero attached hydrogens (tertiary/aromatic N) is 2. The average molecular weight is 326 g/mol. The highest BCUT2D eigenvalue weighted by molar-refractivity contribution is 9.10. The van der Waals surface area contributed by atoms with E-state index in [2.05, 4.69) is 57.8 Å². The third-order valence-electron chi connectivity index (χ3n) is 4.13. The molecule has 0 saturated carbocycles. The van der Waals surface area contributed by atoms with Gasteiger partial charge < -0.3 is 10.6 Å². The van der Waals surface area contributed by atoms with Gasteiger partial charge in [0.1, 0.15) is 0 Å². The lowest BCUT2D eigenvalue weighted by Gasteiger charge is -2.39. The average Bonchev–Trinajstić information content (AvgIpc) is 2.46. The fraction of sp³-hybridized carbons (Fsp3) is 0.600. The number of anilines is 1. The molecule has 0 radical (unpaired) electrons. The Balaban J connectivity index is 2.05. The van der Waals surface area contributed by atoms with E-state index in [9.17, 15) is 0 Å². The zero-order chi connectivity index (χ0) is 13.8. The normalized spacial score (nSPS) is 18.6. The molecule has 0 spiro atoms. The van der Waals surface area contributed by atoms with Crippen LogP contribution >= 0.6 is 15.9 Å². The van der Waals surface area contributed by atoms with Crippen molar-refractivity contribution < 1.29 is 0 Å². The van der Waals surface area contributed by atoms with Crippen LogP contribution < -0.4 is 10.6 Å². The van der Waals surface area contributed by atoms with Crippen LogP contribution in [0.2, 0.25) is 0 Å². The van der Waals surface area contributed by atoms with Crippen molar-refractivity contribution in [3.05, 3.63) is 28.2 Å². The molecule has 1 saturated heterocycles. The van der Waals surface area contributed by atoms with E-state index >= 15 is 0 Å². The van der Waals surface area contributed by atoms with Gasteiger partial charge in [-0.2, -0.15) is 0 Å². The lowest BCUT2D eigenvalue weighted by Crippen LogP contribution is -2.49. The molecule has 19 heavy (non-hydrogen) atoms. The van der Waals surface area contributed by atoms with E-state index in [0.29, 0.717) is 12.6 Å². The SMILES string of the molecule is CCC(C)N1CCN(c2ccc(Br)cc2CN)CC1. The summed E-state index contributed by atoms with van der Waals surface area (Å²) in [5.41, 5.74) is 8.39. The summed E-state index contributed by atoms with van der Waals surface area (Å²) in [6.45, 7) is 9.67. The Labute approximate surface area is 124 Å². The maximum atomic E-state index is 5.87. The Morgan fingerprint density at radius 1 is 1.26 bits per heavy atom. The van der Waals surface area contributed by atoms with Crippen molar-refractivity contribution in [3.63, 3.8) is 0 Å². The topological polar surface area (TPSA) is 32.5 Å². The zero-order valence-corrected chi connectivity index (χ0v) is 13.5. The smallest absolute Gasteiger partial charge is 0.0413 e. The number of rotatable bonds is 4. The van der Waals surface area contributed by atoms with Gasteiger partial charge in [-0.05, 0) is 37.1 Å². The predicted octanol–water partition coefficient (Wildman–Crippen LogP) is 2.83. The van der Waals surface area contributed by atoms with Gasteiger partial charge in [0.05, 0.1) is 0 Å². The molecule has 1 atom stereocenters. The van der Waals surface area contributed by atoms with E-state index in [0.717, 1.165) is 30.7 Å². The molecule has 106 valence electrons. The van der Waals surface area contributed by atoms with Gasteiger partial charge in [-0.3, -0.25) is 4.90 Å². The molecule has 1 aromatic carbocycles. The lowest BCUT2D eigenvalue weighted by atomic mass is 10.1. The third-order valence-corrected chi connectivity index (χ3v) is 4.62. The van der Waals surface area contributed by atoms with E-state index in [4.69, 9.17) is 5.73 Å². The van der Waals surface area contributed by atoms with Crippen LogP contribution in [0, 0.1) is 0 Å². The molecule has 0 amide bonds. The summed E-state index contributed by atoms with van der Waals surface area (Å²) in [5.74, 6) is 0. The monoisotopic (exact) mass is 325 g/mol. The highest BCUT2D eigenvalue weighted by atomic mass is 79.9. The molecular weight excluding hydrogens is 302 g/mol. The Kier molecular flexibility index (Phi) is 5.25. The number of halogens is 1. The maximum Gasteiger partial charge on any atom is 0.0413 e. The highest BCUT2D eigenvalue weighted by Crippen LogP contribution is 2.25. The van der Waals surface area contributed by atoms with Gasteiger partial charge in [0.25, 0.3) is 0 Å². The van der Waals surface area contributed by atoms with Crippen LogP contribution in [-0.2, 0) is 6.54 Å². The van der Waals surface area contributed by atoms with Crippen LogP contribution in [0.25, 0.3) is 0 Å². The summed E-state index contributed by atoms with van der Waals surface area (Å²) in [6, 6.07) is 7.12. The molecule has 1 fully saturated rings. The van der Waals surface area contributed by atoms with Crippen LogP contribution in [0.4, 0.5) is 5.69 Å². The maximum absolute atomic E-state index is 5.87. The number of benzene rings is 1. The van der Waals surface area contributed by atoms with Crippen molar-refractivity contribution in [1.82, 2.24) is 4.90 Å². The number of piperazine rings is 1. The molecule has 2 N–H and O–H groups in total. The number of hydrogen-bond donors (Lipinski definition) is 1. The summed E-state index contributed by atoms with van der Waals surface area (Å²) < 4.78 is 1.11.